The Kier molecular flexibility index (Phi) is 3.49. The maximum Gasteiger partial charge on any atom is 0.0388 e. The average molecular weight is 218 g/mol. The van der Waals surface area contributed by atoms with Crippen LogP contribution in [0.15, 0.2) is 18.2 Å². The van der Waals surface area contributed by atoms with Gasteiger partial charge in [0.25, 0.3) is 0 Å². The molecule has 0 radical (unpaired) electrons. The van der Waals surface area contributed by atoms with Crippen molar-refractivity contribution in [1.29, 1.82) is 0 Å². The van der Waals surface area contributed by atoms with Crippen molar-refractivity contribution in [2.24, 2.45) is 5.92 Å². The molecule has 1 heterocycles. The van der Waals surface area contributed by atoms with Crippen LogP contribution in [0.2, 0.25) is 0 Å². The van der Waals surface area contributed by atoms with Crippen LogP contribution < -0.4 is 10.6 Å². The average Bonchev–Trinajstić information content (AvgIpc) is 2.26. The highest BCUT2D eigenvalue weighted by atomic mass is 15.0. The molecular weight excluding hydrogens is 196 g/mol. The van der Waals surface area contributed by atoms with Crippen molar-refractivity contribution in [3.05, 3.63) is 29.3 Å². The molecule has 2 heteroatoms. The van der Waals surface area contributed by atoms with Gasteiger partial charge in [0.2, 0.25) is 0 Å². The van der Waals surface area contributed by atoms with Gasteiger partial charge in [-0.1, -0.05) is 31.5 Å². The molecule has 1 aromatic carbocycles. The Balaban J connectivity index is 2.15. The monoisotopic (exact) mass is 218 g/mol. The lowest BCUT2D eigenvalue weighted by molar-refractivity contribution is 0.453. The van der Waals surface area contributed by atoms with E-state index in [0.29, 0.717) is 12.0 Å². The molecule has 0 bridgehead atoms. The Hall–Kier alpha value is -1.02. The molecule has 2 nitrogen and oxygen atoms in total. The minimum Gasteiger partial charge on any atom is -0.385 e. The summed E-state index contributed by atoms with van der Waals surface area (Å²) in [7, 11) is 0. The van der Waals surface area contributed by atoms with Gasteiger partial charge in [0.1, 0.15) is 0 Å². The van der Waals surface area contributed by atoms with Gasteiger partial charge in [-0.05, 0) is 37.4 Å². The molecule has 0 amide bonds. The number of hydrogen-bond acceptors (Lipinski definition) is 2. The third-order valence-electron chi connectivity index (χ3n) is 3.10. The molecule has 0 spiro atoms. The normalized spacial score (nSPS) is 19.4. The molecular formula is C14H22N2. The summed E-state index contributed by atoms with van der Waals surface area (Å²) in [5.41, 5.74) is 4.09. The summed E-state index contributed by atoms with van der Waals surface area (Å²) in [5, 5.41) is 7.13. The van der Waals surface area contributed by atoms with Crippen molar-refractivity contribution in [3.63, 3.8) is 0 Å². The van der Waals surface area contributed by atoms with Gasteiger partial charge in [-0.2, -0.15) is 0 Å². The first-order valence-electron chi connectivity index (χ1n) is 6.24. The zero-order chi connectivity index (χ0) is 11.5. The number of nitrogens with one attached hydrogen (secondary N) is 2. The molecule has 1 atom stereocenters. The summed E-state index contributed by atoms with van der Waals surface area (Å²) >= 11 is 0. The van der Waals surface area contributed by atoms with Gasteiger partial charge < -0.3 is 10.6 Å². The summed E-state index contributed by atoms with van der Waals surface area (Å²) in [6.07, 6.45) is 1.18. The molecule has 88 valence electrons. The molecule has 1 aliphatic rings. The van der Waals surface area contributed by atoms with Crippen molar-refractivity contribution in [2.45, 2.75) is 33.2 Å². The highest BCUT2D eigenvalue weighted by Gasteiger charge is 2.19. The fourth-order valence-electron chi connectivity index (χ4n) is 2.23. The zero-order valence-electron chi connectivity index (χ0n) is 10.5. The molecule has 1 aliphatic heterocycles. The second-order valence-electron chi connectivity index (χ2n) is 5.16. The van der Waals surface area contributed by atoms with Crippen LogP contribution in [-0.4, -0.2) is 13.1 Å². The lowest BCUT2D eigenvalue weighted by atomic mass is 9.96. The molecule has 16 heavy (non-hydrogen) atoms. The maximum absolute atomic E-state index is 3.66. The van der Waals surface area contributed by atoms with Crippen molar-refractivity contribution < 1.29 is 0 Å². The predicted octanol–water partition coefficient (Wildman–Crippen LogP) is 3.10. The first-order chi connectivity index (χ1) is 7.66. The van der Waals surface area contributed by atoms with Gasteiger partial charge in [-0.25, -0.2) is 0 Å². The van der Waals surface area contributed by atoms with E-state index in [2.05, 4.69) is 49.6 Å². The van der Waals surface area contributed by atoms with E-state index in [1.165, 1.54) is 23.2 Å². The summed E-state index contributed by atoms with van der Waals surface area (Å²) < 4.78 is 0. The number of aryl methyl sites for hydroxylation is 1. The van der Waals surface area contributed by atoms with E-state index < -0.39 is 0 Å². The molecule has 0 fully saturated rings. The molecule has 2 rings (SSSR count). The number of anilines is 1. The topological polar surface area (TPSA) is 24.1 Å². The molecule has 1 unspecified atom stereocenters. The third kappa shape index (κ3) is 2.56. The Morgan fingerprint density at radius 3 is 3.00 bits per heavy atom. The van der Waals surface area contributed by atoms with Gasteiger partial charge in [-0.15, -0.1) is 0 Å². The summed E-state index contributed by atoms with van der Waals surface area (Å²) in [6, 6.07) is 7.21. The fraction of sp³-hybridized carbons (Fsp3) is 0.571. The Bertz CT molecular complexity index is 358. The molecule has 0 aromatic heterocycles. The van der Waals surface area contributed by atoms with Crippen molar-refractivity contribution in [3.8, 4) is 0 Å². The second kappa shape index (κ2) is 4.88. The van der Waals surface area contributed by atoms with Gasteiger partial charge in [0, 0.05) is 18.3 Å². The molecule has 0 saturated heterocycles. The number of rotatable bonds is 3. The second-order valence-corrected chi connectivity index (χ2v) is 5.16. The van der Waals surface area contributed by atoms with E-state index in [4.69, 9.17) is 0 Å². The minimum absolute atomic E-state index is 0.526. The fourth-order valence-corrected chi connectivity index (χ4v) is 2.23. The third-order valence-corrected chi connectivity index (χ3v) is 3.10. The summed E-state index contributed by atoms with van der Waals surface area (Å²) in [4.78, 5) is 0. The van der Waals surface area contributed by atoms with Crippen molar-refractivity contribution in [2.75, 3.05) is 18.4 Å². The lowest BCUT2D eigenvalue weighted by Gasteiger charge is -2.28. The standard InChI is InChI=1S/C14H22N2/c1-10(2)9-16-14-6-7-15-13-5-4-11(3)8-12(13)14/h4-5,8,10,14-16H,6-7,9H2,1-3H3. The van der Waals surface area contributed by atoms with Gasteiger partial charge in [-0.3, -0.25) is 0 Å². The Morgan fingerprint density at radius 1 is 1.44 bits per heavy atom. The van der Waals surface area contributed by atoms with Gasteiger partial charge >= 0.3 is 0 Å². The van der Waals surface area contributed by atoms with E-state index >= 15 is 0 Å². The molecule has 1 aromatic rings. The highest BCUT2D eigenvalue weighted by molar-refractivity contribution is 5.55. The van der Waals surface area contributed by atoms with Crippen LogP contribution in [0.5, 0.6) is 0 Å². The van der Waals surface area contributed by atoms with Crippen LogP contribution in [0.3, 0.4) is 0 Å². The highest BCUT2D eigenvalue weighted by Crippen LogP contribution is 2.30. The SMILES string of the molecule is Cc1ccc2c(c1)C(NCC(C)C)CCN2. The first-order valence-corrected chi connectivity index (χ1v) is 6.24. The predicted molar refractivity (Wildman–Crippen MR) is 69.9 cm³/mol. The van der Waals surface area contributed by atoms with Crippen LogP contribution in [0.4, 0.5) is 5.69 Å². The summed E-state index contributed by atoms with van der Waals surface area (Å²) in [5.74, 6) is 0.711. The number of hydrogen-bond donors (Lipinski definition) is 2. The van der Waals surface area contributed by atoms with Crippen LogP contribution in [-0.2, 0) is 0 Å². The molecule has 2 N–H and O–H groups in total. The van der Waals surface area contributed by atoms with Gasteiger partial charge in [0.05, 0.1) is 0 Å². The van der Waals surface area contributed by atoms with Crippen molar-refractivity contribution in [1.82, 2.24) is 5.32 Å². The maximum atomic E-state index is 3.66. The van der Waals surface area contributed by atoms with E-state index in [1.54, 1.807) is 0 Å². The van der Waals surface area contributed by atoms with E-state index in [0.717, 1.165) is 13.1 Å². The van der Waals surface area contributed by atoms with Crippen molar-refractivity contribution >= 4 is 5.69 Å². The van der Waals surface area contributed by atoms with Crippen LogP contribution >= 0.6 is 0 Å². The van der Waals surface area contributed by atoms with Gasteiger partial charge in [0.15, 0.2) is 0 Å². The van der Waals surface area contributed by atoms with Crippen LogP contribution in [0.1, 0.15) is 37.4 Å². The lowest BCUT2D eigenvalue weighted by Crippen LogP contribution is -2.30. The van der Waals surface area contributed by atoms with E-state index in [9.17, 15) is 0 Å². The largest absolute Gasteiger partial charge is 0.385 e. The Labute approximate surface area is 98.4 Å². The van der Waals surface area contributed by atoms with Crippen LogP contribution in [0.25, 0.3) is 0 Å². The number of benzene rings is 1. The first kappa shape index (κ1) is 11.5. The van der Waals surface area contributed by atoms with Crippen LogP contribution in [0, 0.1) is 12.8 Å². The molecule has 0 saturated carbocycles. The van der Waals surface area contributed by atoms with E-state index in [-0.39, 0.29) is 0 Å². The zero-order valence-corrected chi connectivity index (χ0v) is 10.5. The van der Waals surface area contributed by atoms with E-state index in [1.807, 2.05) is 0 Å². The number of fused-ring (bicyclic) bond motifs is 1. The smallest absolute Gasteiger partial charge is 0.0388 e. The summed E-state index contributed by atoms with van der Waals surface area (Å²) in [6.45, 7) is 8.84. The minimum atomic E-state index is 0.526. The molecule has 0 aliphatic carbocycles. The Morgan fingerprint density at radius 2 is 2.25 bits per heavy atom. The quantitative estimate of drug-likeness (QED) is 0.814.